The number of rotatable bonds is 2. The summed E-state index contributed by atoms with van der Waals surface area (Å²) in [6, 6.07) is 11.8. The summed E-state index contributed by atoms with van der Waals surface area (Å²) in [6.07, 6.45) is 0. The van der Waals surface area contributed by atoms with Gasteiger partial charge < -0.3 is 11.5 Å². The number of nitrogens with two attached hydrogens (primary N) is 2. The number of carbonyl (C=O) groups excluding carboxylic acids is 4. The summed E-state index contributed by atoms with van der Waals surface area (Å²) >= 11 is 0. The first-order valence-electron chi connectivity index (χ1n) is 6.79. The molecule has 0 saturated heterocycles. The van der Waals surface area contributed by atoms with E-state index in [1.165, 1.54) is 36.4 Å². The Bertz CT molecular complexity index is 815. The van der Waals surface area contributed by atoms with E-state index in [1.54, 1.807) is 12.1 Å². The molecule has 0 atom stereocenters. The third-order valence-electron chi connectivity index (χ3n) is 3.04. The van der Waals surface area contributed by atoms with Gasteiger partial charge in [-0.25, -0.2) is 0 Å². The highest BCUT2D eigenvalue weighted by Gasteiger charge is 2.21. The van der Waals surface area contributed by atoms with E-state index in [9.17, 15) is 19.2 Å². The number of nitrogen functional groups attached to an aromatic ring is 2. The molecule has 2 rings (SSSR count). The van der Waals surface area contributed by atoms with E-state index in [0.717, 1.165) is 0 Å². The van der Waals surface area contributed by atoms with Gasteiger partial charge in [0.2, 0.25) is 0 Å². The number of nitrogens with one attached hydrogen (secondary N) is 2. The van der Waals surface area contributed by atoms with Crippen molar-refractivity contribution in [3.8, 4) is 0 Å². The zero-order chi connectivity index (χ0) is 17.7. The molecule has 8 nitrogen and oxygen atoms in total. The lowest BCUT2D eigenvalue weighted by Gasteiger charge is -2.07. The second kappa shape index (κ2) is 7.05. The molecule has 4 amide bonds. The summed E-state index contributed by atoms with van der Waals surface area (Å²) in [7, 11) is 0. The average Bonchev–Trinajstić information content (AvgIpc) is 2.55. The second-order valence-electron chi connectivity index (χ2n) is 4.78. The van der Waals surface area contributed by atoms with E-state index in [1.807, 2.05) is 10.6 Å². The van der Waals surface area contributed by atoms with Crippen LogP contribution < -0.4 is 22.1 Å². The van der Waals surface area contributed by atoms with Crippen molar-refractivity contribution in [1.82, 2.24) is 10.6 Å². The molecule has 0 aliphatic carbocycles. The number of hydrogen-bond donors (Lipinski definition) is 4. The molecule has 0 aliphatic rings. The Labute approximate surface area is 136 Å². The molecule has 0 aliphatic heterocycles. The van der Waals surface area contributed by atoms with Gasteiger partial charge in [0.15, 0.2) is 0 Å². The van der Waals surface area contributed by atoms with Crippen molar-refractivity contribution < 1.29 is 19.2 Å². The van der Waals surface area contributed by atoms with Crippen LogP contribution in [0.15, 0.2) is 48.5 Å². The van der Waals surface area contributed by atoms with Gasteiger partial charge in [-0.05, 0) is 36.4 Å². The van der Waals surface area contributed by atoms with E-state index >= 15 is 0 Å². The van der Waals surface area contributed by atoms with Gasteiger partial charge >= 0.3 is 11.8 Å². The quantitative estimate of drug-likeness (QED) is 0.454. The molecule has 8 heteroatoms. The Morgan fingerprint density at radius 2 is 1.25 bits per heavy atom. The molecule has 0 aromatic heterocycles. The van der Waals surface area contributed by atoms with Gasteiger partial charge in [-0.15, -0.1) is 0 Å². The monoisotopic (exact) mass is 326 g/mol. The number of imide groups is 2. The van der Waals surface area contributed by atoms with Gasteiger partial charge in [0.25, 0.3) is 11.8 Å². The minimum Gasteiger partial charge on any atom is -0.399 e. The minimum absolute atomic E-state index is 0.0449. The molecule has 2 aromatic rings. The molecule has 0 heterocycles. The van der Waals surface area contributed by atoms with Crippen LogP contribution in [0, 0.1) is 0 Å². The summed E-state index contributed by atoms with van der Waals surface area (Å²) in [5.74, 6) is -4.17. The predicted octanol–water partition coefficient (Wildman–Crippen LogP) is 0.0640. The van der Waals surface area contributed by atoms with Crippen LogP contribution in [0.4, 0.5) is 11.4 Å². The van der Waals surface area contributed by atoms with Crippen LogP contribution in [0.3, 0.4) is 0 Å². The smallest absolute Gasteiger partial charge is 0.316 e. The van der Waals surface area contributed by atoms with Crippen LogP contribution in [-0.2, 0) is 9.59 Å². The predicted molar refractivity (Wildman–Crippen MR) is 86.7 cm³/mol. The summed E-state index contributed by atoms with van der Waals surface area (Å²) in [4.78, 5) is 47.1. The second-order valence-corrected chi connectivity index (χ2v) is 4.78. The Kier molecular flexibility index (Phi) is 4.90. The molecule has 0 fully saturated rings. The topological polar surface area (TPSA) is 144 Å². The number of hydrogen-bond acceptors (Lipinski definition) is 6. The average molecular weight is 326 g/mol. The third kappa shape index (κ3) is 3.95. The molecule has 0 spiro atoms. The number of amides is 4. The van der Waals surface area contributed by atoms with Crippen molar-refractivity contribution in [2.75, 3.05) is 11.5 Å². The van der Waals surface area contributed by atoms with Crippen molar-refractivity contribution in [2.45, 2.75) is 0 Å². The molecule has 2 aromatic carbocycles. The number of carbonyl (C=O) groups is 4. The summed E-state index contributed by atoms with van der Waals surface area (Å²) in [5, 5.41) is 3.73. The molecule has 0 bridgehead atoms. The zero-order valence-corrected chi connectivity index (χ0v) is 12.4. The summed E-state index contributed by atoms with van der Waals surface area (Å²) < 4.78 is 0. The van der Waals surface area contributed by atoms with Crippen LogP contribution in [0.5, 0.6) is 0 Å². The largest absolute Gasteiger partial charge is 0.399 e. The standard InChI is InChI=1S/C16H14N4O4/c17-10-7-5-9(6-8-10)13(21)19-15(23)16(24)20-14(22)11-3-1-2-4-12(11)18/h1-8H,17-18H2,(H,19,21,23)(H,20,22,24). The van der Waals surface area contributed by atoms with Gasteiger partial charge in [0, 0.05) is 16.9 Å². The molecule has 24 heavy (non-hydrogen) atoms. The van der Waals surface area contributed by atoms with Gasteiger partial charge in [-0.1, -0.05) is 12.1 Å². The molecular weight excluding hydrogens is 312 g/mol. The lowest BCUT2D eigenvalue weighted by atomic mass is 10.1. The maximum atomic E-state index is 11.9. The highest BCUT2D eigenvalue weighted by molar-refractivity contribution is 6.41. The SMILES string of the molecule is Nc1ccc(C(=O)NC(=O)C(=O)NC(=O)c2ccccc2N)cc1. The van der Waals surface area contributed by atoms with E-state index in [0.29, 0.717) is 5.69 Å². The fourth-order valence-electron chi connectivity index (χ4n) is 1.80. The Hall–Kier alpha value is -3.68. The van der Waals surface area contributed by atoms with Crippen molar-refractivity contribution in [3.05, 3.63) is 59.7 Å². The van der Waals surface area contributed by atoms with Crippen LogP contribution in [-0.4, -0.2) is 23.6 Å². The number of benzene rings is 2. The molecular formula is C16H14N4O4. The Morgan fingerprint density at radius 3 is 1.83 bits per heavy atom. The van der Waals surface area contributed by atoms with Crippen LogP contribution in [0.1, 0.15) is 20.7 Å². The van der Waals surface area contributed by atoms with Crippen molar-refractivity contribution in [1.29, 1.82) is 0 Å². The fourth-order valence-corrected chi connectivity index (χ4v) is 1.80. The summed E-state index contributed by atoms with van der Waals surface area (Å²) in [6.45, 7) is 0. The highest BCUT2D eigenvalue weighted by Crippen LogP contribution is 2.09. The third-order valence-corrected chi connectivity index (χ3v) is 3.04. The summed E-state index contributed by atoms with van der Waals surface area (Å²) in [5.41, 5.74) is 11.9. The van der Waals surface area contributed by atoms with Gasteiger partial charge in [-0.3, -0.25) is 29.8 Å². The molecule has 0 radical (unpaired) electrons. The lowest BCUT2D eigenvalue weighted by Crippen LogP contribution is -2.44. The maximum absolute atomic E-state index is 11.9. The normalized spacial score (nSPS) is 9.83. The first-order chi connectivity index (χ1) is 11.4. The molecule has 122 valence electrons. The van der Waals surface area contributed by atoms with E-state index in [2.05, 4.69) is 0 Å². The lowest BCUT2D eigenvalue weighted by molar-refractivity contribution is -0.138. The highest BCUT2D eigenvalue weighted by atomic mass is 16.2. The van der Waals surface area contributed by atoms with Gasteiger partial charge in [0.1, 0.15) is 0 Å². The van der Waals surface area contributed by atoms with Crippen molar-refractivity contribution >= 4 is 35.0 Å². The Morgan fingerprint density at radius 1 is 0.708 bits per heavy atom. The molecule has 0 unspecified atom stereocenters. The minimum atomic E-state index is -1.27. The van der Waals surface area contributed by atoms with Crippen LogP contribution >= 0.6 is 0 Å². The van der Waals surface area contributed by atoms with Crippen LogP contribution in [0.2, 0.25) is 0 Å². The van der Waals surface area contributed by atoms with Crippen molar-refractivity contribution in [2.24, 2.45) is 0 Å². The van der Waals surface area contributed by atoms with Crippen LogP contribution in [0.25, 0.3) is 0 Å². The fraction of sp³-hybridized carbons (Fsp3) is 0. The van der Waals surface area contributed by atoms with E-state index in [4.69, 9.17) is 11.5 Å². The first kappa shape index (κ1) is 16.7. The first-order valence-corrected chi connectivity index (χ1v) is 6.79. The van der Waals surface area contributed by atoms with Gasteiger partial charge in [0.05, 0.1) is 5.56 Å². The maximum Gasteiger partial charge on any atom is 0.316 e. The number of anilines is 2. The zero-order valence-electron chi connectivity index (χ0n) is 12.4. The van der Waals surface area contributed by atoms with Crippen molar-refractivity contribution in [3.63, 3.8) is 0 Å². The molecule has 0 saturated carbocycles. The van der Waals surface area contributed by atoms with Gasteiger partial charge in [-0.2, -0.15) is 0 Å². The number of para-hydroxylation sites is 1. The van der Waals surface area contributed by atoms with E-state index in [-0.39, 0.29) is 16.8 Å². The molecule has 6 N–H and O–H groups in total. The van der Waals surface area contributed by atoms with E-state index < -0.39 is 23.6 Å². The Balaban J connectivity index is 1.98.